The summed E-state index contributed by atoms with van der Waals surface area (Å²) in [5, 5.41) is 4.55. The van der Waals surface area contributed by atoms with Crippen LogP contribution in [-0.2, 0) is 23.2 Å². The monoisotopic (exact) mass is 286 g/mol. The van der Waals surface area contributed by atoms with E-state index in [1.54, 1.807) is 12.1 Å². The van der Waals surface area contributed by atoms with Gasteiger partial charge in [-0.2, -0.15) is 5.10 Å². The summed E-state index contributed by atoms with van der Waals surface area (Å²) in [6.07, 6.45) is 1.07. The van der Waals surface area contributed by atoms with E-state index in [9.17, 15) is 4.79 Å². The zero-order valence-corrected chi connectivity index (χ0v) is 13.1. The molecule has 1 aromatic carbocycles. The number of carbonyl (C=O) groups excluding carboxylic acids is 1. The lowest BCUT2D eigenvalue weighted by atomic mass is 10.1. The Morgan fingerprint density at radius 2 is 1.90 bits per heavy atom. The molecule has 0 fully saturated rings. The molecule has 0 aliphatic heterocycles. The lowest BCUT2D eigenvalue weighted by Crippen LogP contribution is -2.25. The minimum atomic E-state index is -0.289. The van der Waals surface area contributed by atoms with Crippen LogP contribution in [0.5, 0.6) is 5.75 Å². The van der Waals surface area contributed by atoms with Gasteiger partial charge in [0.15, 0.2) is 0 Å². The van der Waals surface area contributed by atoms with E-state index >= 15 is 0 Å². The predicted molar refractivity (Wildman–Crippen MR) is 82.4 cm³/mol. The van der Waals surface area contributed by atoms with Gasteiger partial charge in [-0.3, -0.25) is 9.48 Å². The molecule has 0 saturated carbocycles. The second-order valence-electron chi connectivity index (χ2n) is 6.03. The lowest BCUT2D eigenvalue weighted by molar-refractivity contribution is -0.133. The molecule has 1 heterocycles. The van der Waals surface area contributed by atoms with Crippen LogP contribution in [0, 0.1) is 0 Å². The Kier molecular flexibility index (Phi) is 4.46. The molecular weight excluding hydrogens is 264 g/mol. The van der Waals surface area contributed by atoms with Crippen molar-refractivity contribution < 1.29 is 9.53 Å². The number of ether oxygens (including phenoxy) is 1. The number of rotatable bonds is 4. The van der Waals surface area contributed by atoms with Crippen molar-refractivity contribution >= 4 is 5.97 Å². The number of esters is 1. The van der Waals surface area contributed by atoms with E-state index < -0.39 is 0 Å². The quantitative estimate of drug-likeness (QED) is 0.639. The molecule has 0 aliphatic rings. The Hall–Kier alpha value is -2.10. The topological polar surface area (TPSA) is 44.1 Å². The van der Waals surface area contributed by atoms with E-state index in [4.69, 9.17) is 4.74 Å². The van der Waals surface area contributed by atoms with E-state index in [0.717, 1.165) is 17.8 Å². The van der Waals surface area contributed by atoms with E-state index in [0.29, 0.717) is 5.75 Å². The van der Waals surface area contributed by atoms with Crippen LogP contribution in [0.1, 0.15) is 39.1 Å². The maximum absolute atomic E-state index is 12.0. The number of hydrogen-bond donors (Lipinski definition) is 0. The third-order valence-corrected chi connectivity index (χ3v) is 3.13. The van der Waals surface area contributed by atoms with Crippen LogP contribution in [0.3, 0.4) is 0 Å². The predicted octanol–water partition coefficient (Wildman–Crippen LogP) is 3.35. The molecule has 0 unspecified atom stereocenters. The van der Waals surface area contributed by atoms with Gasteiger partial charge in [0.2, 0.25) is 0 Å². The molecule has 1 aromatic heterocycles. The van der Waals surface area contributed by atoms with Crippen LogP contribution >= 0.6 is 0 Å². The minimum Gasteiger partial charge on any atom is -0.426 e. The van der Waals surface area contributed by atoms with Crippen LogP contribution in [-0.4, -0.2) is 15.7 Å². The molecule has 2 aromatic rings. The SMILES string of the molecule is CCc1cc(CC(=O)Oc2ccccc2)nn1C(C)(C)C. The summed E-state index contributed by atoms with van der Waals surface area (Å²) in [4.78, 5) is 12.0. The van der Waals surface area contributed by atoms with Crippen molar-refractivity contribution in [3.63, 3.8) is 0 Å². The summed E-state index contributed by atoms with van der Waals surface area (Å²) < 4.78 is 7.28. The fourth-order valence-corrected chi connectivity index (χ4v) is 2.20. The number of aryl methyl sites for hydroxylation is 1. The van der Waals surface area contributed by atoms with Gasteiger partial charge in [-0.25, -0.2) is 0 Å². The number of carbonyl (C=O) groups is 1. The molecule has 4 nitrogen and oxygen atoms in total. The van der Waals surface area contributed by atoms with Crippen molar-refractivity contribution in [3.05, 3.63) is 47.8 Å². The highest BCUT2D eigenvalue weighted by atomic mass is 16.5. The van der Waals surface area contributed by atoms with Crippen LogP contribution in [0.2, 0.25) is 0 Å². The van der Waals surface area contributed by atoms with Crippen molar-refractivity contribution in [2.75, 3.05) is 0 Å². The van der Waals surface area contributed by atoms with Gasteiger partial charge in [0.05, 0.1) is 17.7 Å². The summed E-state index contributed by atoms with van der Waals surface area (Å²) in [5.74, 6) is 0.274. The van der Waals surface area contributed by atoms with Gasteiger partial charge in [0, 0.05) is 5.69 Å². The van der Waals surface area contributed by atoms with Gasteiger partial charge >= 0.3 is 5.97 Å². The number of benzene rings is 1. The molecule has 2 rings (SSSR count). The maximum Gasteiger partial charge on any atom is 0.317 e. The molecule has 21 heavy (non-hydrogen) atoms. The molecular formula is C17H22N2O2. The molecule has 0 saturated heterocycles. The fraction of sp³-hybridized carbons (Fsp3) is 0.412. The highest BCUT2D eigenvalue weighted by Gasteiger charge is 2.20. The zero-order valence-electron chi connectivity index (χ0n) is 13.1. The van der Waals surface area contributed by atoms with Crippen molar-refractivity contribution in [2.45, 2.75) is 46.1 Å². The normalized spacial score (nSPS) is 11.4. The first-order chi connectivity index (χ1) is 9.90. The molecule has 0 aliphatic carbocycles. The minimum absolute atomic E-state index is 0.0903. The molecule has 0 N–H and O–H groups in total. The zero-order chi connectivity index (χ0) is 15.5. The number of hydrogen-bond acceptors (Lipinski definition) is 3. The largest absolute Gasteiger partial charge is 0.426 e. The van der Waals surface area contributed by atoms with Crippen LogP contribution in [0.25, 0.3) is 0 Å². The van der Waals surface area contributed by atoms with Gasteiger partial charge < -0.3 is 4.74 Å². The van der Waals surface area contributed by atoms with Gasteiger partial charge in [0.25, 0.3) is 0 Å². The first kappa shape index (κ1) is 15.3. The Morgan fingerprint density at radius 1 is 1.24 bits per heavy atom. The van der Waals surface area contributed by atoms with Gasteiger partial charge in [-0.05, 0) is 45.4 Å². The first-order valence-corrected chi connectivity index (χ1v) is 7.24. The molecule has 112 valence electrons. The molecule has 0 bridgehead atoms. The van der Waals surface area contributed by atoms with E-state index in [1.807, 2.05) is 28.9 Å². The second kappa shape index (κ2) is 6.12. The molecule has 0 atom stereocenters. The second-order valence-corrected chi connectivity index (χ2v) is 6.03. The molecule has 0 amide bonds. The summed E-state index contributed by atoms with van der Waals surface area (Å²) in [6, 6.07) is 11.1. The molecule has 0 radical (unpaired) electrons. The summed E-state index contributed by atoms with van der Waals surface area (Å²) >= 11 is 0. The van der Waals surface area contributed by atoms with E-state index in [-0.39, 0.29) is 17.9 Å². The highest BCUT2D eigenvalue weighted by molar-refractivity contribution is 5.74. The lowest BCUT2D eigenvalue weighted by Gasteiger charge is -2.22. The Bertz CT molecular complexity index is 609. The highest BCUT2D eigenvalue weighted by Crippen LogP contribution is 2.18. The maximum atomic E-state index is 12.0. The first-order valence-electron chi connectivity index (χ1n) is 7.24. The van der Waals surface area contributed by atoms with Crippen molar-refractivity contribution in [1.29, 1.82) is 0 Å². The van der Waals surface area contributed by atoms with Gasteiger partial charge in [-0.1, -0.05) is 25.1 Å². The van der Waals surface area contributed by atoms with Crippen molar-refractivity contribution in [2.24, 2.45) is 0 Å². The third kappa shape index (κ3) is 3.94. The van der Waals surface area contributed by atoms with Crippen molar-refractivity contribution in [1.82, 2.24) is 9.78 Å². The number of para-hydroxylation sites is 1. The average Bonchev–Trinajstić information content (AvgIpc) is 2.82. The standard InChI is InChI=1S/C17H22N2O2/c1-5-14-11-13(18-19(14)17(2,3)4)12-16(20)21-15-9-7-6-8-10-15/h6-11H,5,12H2,1-4H3. The number of nitrogens with zero attached hydrogens (tertiary/aromatic N) is 2. The summed E-state index contributed by atoms with van der Waals surface area (Å²) in [7, 11) is 0. The van der Waals surface area contributed by atoms with Gasteiger partial charge in [-0.15, -0.1) is 0 Å². The smallest absolute Gasteiger partial charge is 0.317 e. The molecule has 4 heteroatoms. The summed E-state index contributed by atoms with van der Waals surface area (Å²) in [6.45, 7) is 8.40. The van der Waals surface area contributed by atoms with Crippen LogP contribution < -0.4 is 4.74 Å². The summed E-state index contributed by atoms with van der Waals surface area (Å²) in [5.41, 5.74) is 1.79. The molecule has 0 spiro atoms. The van der Waals surface area contributed by atoms with Crippen LogP contribution in [0.15, 0.2) is 36.4 Å². The van der Waals surface area contributed by atoms with E-state index in [1.165, 1.54) is 0 Å². The Labute approximate surface area is 125 Å². The van der Waals surface area contributed by atoms with E-state index in [2.05, 4.69) is 32.8 Å². The fourth-order valence-electron chi connectivity index (χ4n) is 2.20. The van der Waals surface area contributed by atoms with Gasteiger partial charge in [0.1, 0.15) is 5.75 Å². The Balaban J connectivity index is 2.09. The third-order valence-electron chi connectivity index (χ3n) is 3.13. The van der Waals surface area contributed by atoms with Crippen molar-refractivity contribution in [3.8, 4) is 5.75 Å². The Morgan fingerprint density at radius 3 is 2.43 bits per heavy atom. The van der Waals surface area contributed by atoms with Crippen LogP contribution in [0.4, 0.5) is 0 Å². The average molecular weight is 286 g/mol. The number of aromatic nitrogens is 2.